The Balaban J connectivity index is 3.33. The van der Waals surface area contributed by atoms with Crippen LogP contribution in [0, 0.1) is 11.8 Å². The van der Waals surface area contributed by atoms with E-state index >= 15 is 0 Å². The van der Waals surface area contributed by atoms with Gasteiger partial charge >= 0.3 is 13.2 Å². The third kappa shape index (κ3) is 7.34. The van der Waals surface area contributed by atoms with E-state index in [0.29, 0.717) is 0 Å². The first-order valence-electron chi connectivity index (χ1n) is 8.40. The summed E-state index contributed by atoms with van der Waals surface area (Å²) in [6.07, 6.45) is 0.166. The van der Waals surface area contributed by atoms with Gasteiger partial charge in [-0.05, 0) is 37.0 Å². The molecule has 1 aromatic rings. The van der Waals surface area contributed by atoms with Gasteiger partial charge in [0.1, 0.15) is 5.75 Å². The van der Waals surface area contributed by atoms with Crippen LogP contribution in [0.2, 0.25) is 0 Å². The Morgan fingerprint density at radius 2 is 1.85 bits per heavy atom. The van der Waals surface area contributed by atoms with E-state index in [0.717, 1.165) is 0 Å². The molecule has 0 bridgehead atoms. The highest BCUT2D eigenvalue weighted by Crippen LogP contribution is 2.38. The Kier molecular flexibility index (Phi) is 8.49. The Bertz CT molecular complexity index is 611. The minimum atomic E-state index is -3.11. The standard InChI is InChI=1S/C18H25F4NO4/c1-10(2)8-18(3,25)14(15(23)24)13(9-26-16(19)20)11-5-4-6-12(7-11)27-17(21)22/h4-7,10,13-14,16-17,25H,8-9H2,1-3H3,(H2,23,24)/t13-,14?,18?/m0/s1. The first-order chi connectivity index (χ1) is 12.4. The van der Waals surface area contributed by atoms with Crippen molar-refractivity contribution < 1.29 is 36.9 Å². The number of carbonyl (C=O) groups excluding carboxylic acids is 1. The summed E-state index contributed by atoms with van der Waals surface area (Å²) in [6.45, 7) is -1.82. The van der Waals surface area contributed by atoms with Crippen LogP contribution in [-0.2, 0) is 9.53 Å². The number of nitrogens with two attached hydrogens (primary N) is 1. The number of carbonyl (C=O) groups is 1. The summed E-state index contributed by atoms with van der Waals surface area (Å²) in [5, 5.41) is 10.8. The molecule has 0 fully saturated rings. The third-order valence-corrected chi connectivity index (χ3v) is 4.11. The monoisotopic (exact) mass is 395 g/mol. The van der Waals surface area contributed by atoms with Gasteiger partial charge in [0.15, 0.2) is 0 Å². The zero-order valence-corrected chi connectivity index (χ0v) is 15.4. The molecule has 2 unspecified atom stereocenters. The highest BCUT2D eigenvalue weighted by molar-refractivity contribution is 5.79. The molecule has 1 aromatic carbocycles. The predicted molar refractivity (Wildman–Crippen MR) is 90.5 cm³/mol. The molecule has 0 aromatic heterocycles. The van der Waals surface area contributed by atoms with Crippen molar-refractivity contribution in [3.63, 3.8) is 0 Å². The molecular formula is C18H25F4NO4. The highest BCUT2D eigenvalue weighted by Gasteiger charge is 2.43. The number of ether oxygens (including phenoxy) is 2. The minimum absolute atomic E-state index is 0.0213. The Hall–Kier alpha value is -1.87. The number of amides is 1. The summed E-state index contributed by atoms with van der Waals surface area (Å²) in [5.41, 5.74) is 4.05. The molecule has 0 aliphatic rings. The van der Waals surface area contributed by atoms with Gasteiger partial charge in [-0.25, -0.2) is 0 Å². The van der Waals surface area contributed by atoms with Gasteiger partial charge in [0, 0.05) is 5.92 Å². The van der Waals surface area contributed by atoms with E-state index in [-0.39, 0.29) is 23.7 Å². The van der Waals surface area contributed by atoms with Crippen LogP contribution in [0.1, 0.15) is 38.7 Å². The van der Waals surface area contributed by atoms with Crippen molar-refractivity contribution in [1.29, 1.82) is 0 Å². The van der Waals surface area contributed by atoms with Gasteiger partial charge in [-0.1, -0.05) is 26.0 Å². The Morgan fingerprint density at radius 3 is 2.33 bits per heavy atom. The summed E-state index contributed by atoms with van der Waals surface area (Å²) in [5.74, 6) is -3.53. The van der Waals surface area contributed by atoms with Crippen molar-refractivity contribution in [2.24, 2.45) is 17.6 Å². The smallest absolute Gasteiger partial charge is 0.387 e. The molecule has 0 spiro atoms. The number of halogens is 4. The molecule has 3 atom stereocenters. The molecule has 154 valence electrons. The molecule has 0 radical (unpaired) electrons. The van der Waals surface area contributed by atoms with Crippen molar-refractivity contribution in [2.45, 2.75) is 51.9 Å². The molecule has 5 nitrogen and oxygen atoms in total. The van der Waals surface area contributed by atoms with Crippen LogP contribution in [0.3, 0.4) is 0 Å². The summed E-state index contributed by atoms with van der Waals surface area (Å²) in [6, 6.07) is 5.26. The zero-order valence-electron chi connectivity index (χ0n) is 15.4. The average Bonchev–Trinajstić information content (AvgIpc) is 2.48. The van der Waals surface area contributed by atoms with Crippen LogP contribution in [0.4, 0.5) is 17.6 Å². The molecular weight excluding hydrogens is 370 g/mol. The van der Waals surface area contributed by atoms with E-state index in [1.54, 1.807) is 0 Å². The van der Waals surface area contributed by atoms with Gasteiger partial charge in [0.25, 0.3) is 0 Å². The SMILES string of the molecule is CC(C)CC(C)(O)C(C(N)=O)[C@@H](COC(F)F)c1cccc(OC(F)F)c1. The van der Waals surface area contributed by atoms with Gasteiger partial charge in [0.05, 0.1) is 18.1 Å². The van der Waals surface area contributed by atoms with Crippen LogP contribution in [0.5, 0.6) is 5.75 Å². The lowest BCUT2D eigenvalue weighted by atomic mass is 9.72. The highest BCUT2D eigenvalue weighted by atomic mass is 19.3. The molecule has 0 aliphatic heterocycles. The molecule has 0 saturated heterocycles. The molecule has 0 saturated carbocycles. The van der Waals surface area contributed by atoms with Gasteiger partial charge in [-0.2, -0.15) is 17.6 Å². The first kappa shape index (κ1) is 23.2. The summed E-state index contributed by atoms with van der Waals surface area (Å²) < 4.78 is 58.8. The number of aliphatic hydroxyl groups is 1. The molecule has 1 rings (SSSR count). The lowest BCUT2D eigenvalue weighted by Gasteiger charge is -2.37. The number of hydrogen-bond donors (Lipinski definition) is 2. The topological polar surface area (TPSA) is 81.8 Å². The van der Waals surface area contributed by atoms with E-state index in [4.69, 9.17) is 5.73 Å². The van der Waals surface area contributed by atoms with Crippen LogP contribution in [0.25, 0.3) is 0 Å². The predicted octanol–water partition coefficient (Wildman–Crippen LogP) is 3.51. The molecule has 9 heteroatoms. The maximum atomic E-state index is 12.6. The van der Waals surface area contributed by atoms with E-state index in [2.05, 4.69) is 9.47 Å². The second kappa shape index (κ2) is 9.89. The van der Waals surface area contributed by atoms with Crippen molar-refractivity contribution in [2.75, 3.05) is 6.61 Å². The second-order valence-electron chi connectivity index (χ2n) is 6.99. The van der Waals surface area contributed by atoms with Crippen LogP contribution in [-0.4, -0.2) is 36.4 Å². The van der Waals surface area contributed by atoms with Gasteiger partial charge in [-0.15, -0.1) is 0 Å². The Morgan fingerprint density at radius 1 is 1.22 bits per heavy atom. The fourth-order valence-corrected chi connectivity index (χ4v) is 3.37. The number of benzene rings is 1. The molecule has 1 amide bonds. The summed E-state index contributed by atoms with van der Waals surface area (Å²) in [7, 11) is 0. The average molecular weight is 395 g/mol. The summed E-state index contributed by atoms with van der Waals surface area (Å²) in [4.78, 5) is 12.1. The van der Waals surface area contributed by atoms with Gasteiger partial charge in [-0.3, -0.25) is 4.79 Å². The van der Waals surface area contributed by atoms with E-state index in [1.807, 2.05) is 13.8 Å². The number of primary amides is 1. The van der Waals surface area contributed by atoms with E-state index in [9.17, 15) is 27.5 Å². The van der Waals surface area contributed by atoms with Crippen molar-refractivity contribution >= 4 is 5.91 Å². The molecule has 3 N–H and O–H groups in total. The lowest BCUT2D eigenvalue weighted by Crippen LogP contribution is -2.48. The normalized spacial score (nSPS) is 16.4. The van der Waals surface area contributed by atoms with Gasteiger partial charge < -0.3 is 20.3 Å². The zero-order chi connectivity index (χ0) is 20.8. The fourth-order valence-electron chi connectivity index (χ4n) is 3.37. The summed E-state index contributed by atoms with van der Waals surface area (Å²) >= 11 is 0. The maximum absolute atomic E-state index is 12.6. The largest absolute Gasteiger partial charge is 0.435 e. The molecule has 27 heavy (non-hydrogen) atoms. The van der Waals surface area contributed by atoms with Crippen LogP contribution >= 0.6 is 0 Å². The first-order valence-corrected chi connectivity index (χ1v) is 8.40. The number of alkyl halides is 4. The molecule has 0 aliphatic carbocycles. The van der Waals surface area contributed by atoms with E-state index in [1.165, 1.54) is 31.2 Å². The van der Waals surface area contributed by atoms with Crippen LogP contribution < -0.4 is 10.5 Å². The number of rotatable bonds is 11. The van der Waals surface area contributed by atoms with Crippen molar-refractivity contribution in [3.8, 4) is 5.75 Å². The van der Waals surface area contributed by atoms with Crippen molar-refractivity contribution in [1.82, 2.24) is 0 Å². The molecule has 0 heterocycles. The van der Waals surface area contributed by atoms with E-state index < -0.39 is 43.2 Å². The lowest BCUT2D eigenvalue weighted by molar-refractivity contribution is -0.152. The maximum Gasteiger partial charge on any atom is 0.387 e. The second-order valence-corrected chi connectivity index (χ2v) is 6.99. The van der Waals surface area contributed by atoms with Gasteiger partial charge in [0.2, 0.25) is 5.91 Å². The number of hydrogen-bond acceptors (Lipinski definition) is 4. The van der Waals surface area contributed by atoms with Crippen molar-refractivity contribution in [3.05, 3.63) is 29.8 Å². The minimum Gasteiger partial charge on any atom is -0.435 e. The Labute approximate surface area is 155 Å². The third-order valence-electron chi connectivity index (χ3n) is 4.11. The quantitative estimate of drug-likeness (QED) is 0.562. The fraction of sp³-hybridized carbons (Fsp3) is 0.611. The van der Waals surface area contributed by atoms with Crippen LogP contribution in [0.15, 0.2) is 24.3 Å².